The van der Waals surface area contributed by atoms with Gasteiger partial charge in [0.1, 0.15) is 0 Å². The van der Waals surface area contributed by atoms with Crippen LogP contribution in [0, 0.1) is 0 Å². The van der Waals surface area contributed by atoms with E-state index < -0.39 is 0 Å². The lowest BCUT2D eigenvalue weighted by atomic mass is 10.0. The second-order valence-corrected chi connectivity index (χ2v) is 5.01. The molecular weight excluding hydrogens is 200 g/mol. The van der Waals surface area contributed by atoms with Crippen molar-refractivity contribution < 1.29 is 0 Å². The van der Waals surface area contributed by atoms with E-state index in [0.717, 1.165) is 12.8 Å². The van der Waals surface area contributed by atoms with Crippen molar-refractivity contribution >= 4 is 11.8 Å². The molecule has 0 heterocycles. The molecule has 0 N–H and O–H groups in total. The summed E-state index contributed by atoms with van der Waals surface area (Å²) < 4.78 is 0. The van der Waals surface area contributed by atoms with Crippen molar-refractivity contribution in [3.8, 4) is 0 Å². The van der Waals surface area contributed by atoms with Crippen molar-refractivity contribution in [3.63, 3.8) is 0 Å². The van der Waals surface area contributed by atoms with Crippen LogP contribution in [0.5, 0.6) is 0 Å². The van der Waals surface area contributed by atoms with Crippen molar-refractivity contribution in [2.75, 3.05) is 5.75 Å². The Morgan fingerprint density at radius 2 is 1.73 bits per heavy atom. The molecule has 0 unspecified atom stereocenters. The number of benzene rings is 1. The van der Waals surface area contributed by atoms with Gasteiger partial charge in [-0.05, 0) is 48.3 Å². The lowest BCUT2D eigenvalue weighted by Crippen LogP contribution is -1.91. The van der Waals surface area contributed by atoms with Crippen molar-refractivity contribution in [1.29, 1.82) is 0 Å². The molecule has 0 nitrogen and oxygen atoms in total. The molecular formula is C14H22S. The van der Waals surface area contributed by atoms with Crippen LogP contribution < -0.4 is 0 Å². The van der Waals surface area contributed by atoms with Crippen molar-refractivity contribution in [3.05, 3.63) is 29.3 Å². The van der Waals surface area contributed by atoms with E-state index in [1.54, 1.807) is 0 Å². The quantitative estimate of drug-likeness (QED) is 0.496. The molecule has 0 fully saturated rings. The molecule has 0 aromatic heterocycles. The Labute approximate surface area is 98.5 Å². The first-order chi connectivity index (χ1) is 7.31. The van der Waals surface area contributed by atoms with Crippen LogP contribution in [-0.4, -0.2) is 5.75 Å². The highest BCUT2D eigenvalue weighted by Gasteiger charge is 2.01. The van der Waals surface area contributed by atoms with E-state index in [9.17, 15) is 0 Å². The summed E-state index contributed by atoms with van der Waals surface area (Å²) >= 11 is 1.99. The summed E-state index contributed by atoms with van der Waals surface area (Å²) in [6.07, 6.45) is 4.93. The second-order valence-electron chi connectivity index (χ2n) is 3.84. The van der Waals surface area contributed by atoms with Crippen LogP contribution in [0.3, 0.4) is 0 Å². The zero-order valence-corrected chi connectivity index (χ0v) is 11.0. The molecule has 0 bridgehead atoms. The predicted octanol–water partition coefficient (Wildman–Crippen LogP) is 4.70. The molecule has 0 atom stereocenters. The topological polar surface area (TPSA) is 0 Å². The van der Waals surface area contributed by atoms with Gasteiger partial charge in [-0.3, -0.25) is 0 Å². The summed E-state index contributed by atoms with van der Waals surface area (Å²) in [6, 6.07) is 6.95. The monoisotopic (exact) mass is 222 g/mol. The zero-order chi connectivity index (χ0) is 11.1. The first-order valence-electron chi connectivity index (χ1n) is 6.06. The fourth-order valence-electron chi connectivity index (χ4n) is 1.70. The Balaban J connectivity index is 2.66. The molecule has 1 heteroatoms. The molecule has 15 heavy (non-hydrogen) atoms. The third-order valence-corrected chi connectivity index (χ3v) is 3.79. The minimum absolute atomic E-state index is 1.16. The van der Waals surface area contributed by atoms with Crippen LogP contribution in [-0.2, 0) is 12.8 Å². The largest absolute Gasteiger partial charge is 0.126 e. The van der Waals surface area contributed by atoms with E-state index in [-0.39, 0.29) is 0 Å². The summed E-state index contributed by atoms with van der Waals surface area (Å²) in [5, 5.41) is 0. The number of aryl methyl sites for hydroxylation is 2. The summed E-state index contributed by atoms with van der Waals surface area (Å²) in [5.74, 6) is 1.26. The maximum atomic E-state index is 2.37. The number of hydrogen-bond acceptors (Lipinski definition) is 1. The van der Waals surface area contributed by atoms with E-state index in [1.807, 2.05) is 11.8 Å². The average molecular weight is 222 g/mol. The first kappa shape index (κ1) is 12.6. The molecule has 1 aromatic carbocycles. The van der Waals surface area contributed by atoms with Crippen molar-refractivity contribution in [2.24, 2.45) is 0 Å². The van der Waals surface area contributed by atoms with Gasteiger partial charge in [0.05, 0.1) is 0 Å². The summed E-state index contributed by atoms with van der Waals surface area (Å²) in [6.45, 7) is 6.73. The molecule has 84 valence electrons. The van der Waals surface area contributed by atoms with Gasteiger partial charge in [-0.15, -0.1) is 11.8 Å². The molecule has 1 aromatic rings. The van der Waals surface area contributed by atoms with Crippen LogP contribution >= 0.6 is 11.8 Å². The molecule has 0 aliphatic heterocycles. The highest BCUT2D eigenvalue weighted by atomic mass is 32.2. The van der Waals surface area contributed by atoms with Gasteiger partial charge in [-0.25, -0.2) is 0 Å². The first-order valence-corrected chi connectivity index (χ1v) is 7.04. The molecule has 1 rings (SSSR count). The third kappa shape index (κ3) is 3.90. The maximum Gasteiger partial charge on any atom is 0.00748 e. The summed E-state index contributed by atoms with van der Waals surface area (Å²) in [4.78, 5) is 1.44. The van der Waals surface area contributed by atoms with Gasteiger partial charge in [-0.1, -0.05) is 33.3 Å². The Morgan fingerprint density at radius 3 is 2.33 bits per heavy atom. The van der Waals surface area contributed by atoms with Crippen LogP contribution in [0.2, 0.25) is 0 Å². The maximum absolute atomic E-state index is 2.37. The number of rotatable bonds is 6. The molecule has 0 amide bonds. The summed E-state index contributed by atoms with van der Waals surface area (Å²) in [7, 11) is 0. The van der Waals surface area contributed by atoms with Gasteiger partial charge < -0.3 is 0 Å². The minimum Gasteiger partial charge on any atom is -0.126 e. The Morgan fingerprint density at radius 1 is 1.00 bits per heavy atom. The van der Waals surface area contributed by atoms with Gasteiger partial charge in [0, 0.05) is 4.90 Å². The molecule has 0 aliphatic rings. The number of hydrogen-bond donors (Lipinski definition) is 0. The SMILES string of the molecule is CCCCSc1ccc(CC)c(CC)c1. The molecule has 0 spiro atoms. The van der Waals surface area contributed by atoms with Gasteiger partial charge >= 0.3 is 0 Å². The van der Waals surface area contributed by atoms with Gasteiger partial charge in [-0.2, -0.15) is 0 Å². The lowest BCUT2D eigenvalue weighted by molar-refractivity contribution is 0.896. The molecule has 0 saturated carbocycles. The summed E-state index contributed by atoms with van der Waals surface area (Å²) in [5.41, 5.74) is 3.04. The zero-order valence-electron chi connectivity index (χ0n) is 10.2. The Bertz CT molecular complexity index is 291. The van der Waals surface area contributed by atoms with E-state index >= 15 is 0 Å². The normalized spacial score (nSPS) is 10.6. The fraction of sp³-hybridized carbons (Fsp3) is 0.571. The van der Waals surface area contributed by atoms with E-state index in [0.29, 0.717) is 0 Å². The van der Waals surface area contributed by atoms with Gasteiger partial charge in [0.25, 0.3) is 0 Å². The van der Waals surface area contributed by atoms with Crippen molar-refractivity contribution in [1.82, 2.24) is 0 Å². The fourth-order valence-corrected chi connectivity index (χ4v) is 2.76. The van der Waals surface area contributed by atoms with E-state index in [1.165, 1.54) is 34.6 Å². The predicted molar refractivity (Wildman–Crippen MR) is 70.8 cm³/mol. The van der Waals surface area contributed by atoms with Crippen LogP contribution in [0.1, 0.15) is 44.7 Å². The lowest BCUT2D eigenvalue weighted by Gasteiger charge is -2.08. The molecule has 0 aliphatic carbocycles. The third-order valence-electron chi connectivity index (χ3n) is 2.71. The standard InChI is InChI=1S/C14H22S/c1-4-7-10-15-14-9-8-12(5-2)13(6-3)11-14/h8-9,11H,4-7,10H2,1-3H3. The van der Waals surface area contributed by atoms with E-state index in [4.69, 9.17) is 0 Å². The van der Waals surface area contributed by atoms with Crippen LogP contribution in [0.15, 0.2) is 23.1 Å². The smallest absolute Gasteiger partial charge is 0.00748 e. The average Bonchev–Trinajstić information content (AvgIpc) is 2.29. The second kappa shape index (κ2) is 6.95. The highest BCUT2D eigenvalue weighted by Crippen LogP contribution is 2.23. The number of thioether (sulfide) groups is 1. The Hall–Kier alpha value is -0.430. The number of unbranched alkanes of at least 4 members (excludes halogenated alkanes) is 1. The van der Waals surface area contributed by atoms with E-state index in [2.05, 4.69) is 39.0 Å². The minimum atomic E-state index is 1.16. The van der Waals surface area contributed by atoms with Crippen LogP contribution in [0.4, 0.5) is 0 Å². The van der Waals surface area contributed by atoms with Gasteiger partial charge in [0.15, 0.2) is 0 Å². The highest BCUT2D eigenvalue weighted by molar-refractivity contribution is 7.99. The van der Waals surface area contributed by atoms with Crippen molar-refractivity contribution in [2.45, 2.75) is 51.3 Å². The molecule has 0 radical (unpaired) electrons. The van der Waals surface area contributed by atoms with Crippen LogP contribution in [0.25, 0.3) is 0 Å². The van der Waals surface area contributed by atoms with Gasteiger partial charge in [0.2, 0.25) is 0 Å². The molecule has 0 saturated heterocycles. The Kier molecular flexibility index (Phi) is 5.85.